The summed E-state index contributed by atoms with van der Waals surface area (Å²) >= 11 is 0. The third-order valence-electron chi connectivity index (χ3n) is 4.28. The Kier molecular flexibility index (Phi) is 6.04. The zero-order chi connectivity index (χ0) is 20.8. The third kappa shape index (κ3) is 5.29. The Morgan fingerprint density at radius 1 is 0.862 bits per heavy atom. The number of nitrogens with zero attached hydrogens (tertiary/aromatic N) is 1. The highest BCUT2D eigenvalue weighted by Gasteiger charge is 2.06. The van der Waals surface area contributed by atoms with Crippen molar-refractivity contribution in [3.8, 4) is 23.0 Å². The van der Waals surface area contributed by atoms with E-state index in [1.165, 1.54) is 31.5 Å². The molecule has 0 amide bonds. The van der Waals surface area contributed by atoms with Gasteiger partial charge in [-0.3, -0.25) is 0 Å². The molecule has 6 heteroatoms. The van der Waals surface area contributed by atoms with Gasteiger partial charge in [-0.05, 0) is 59.7 Å². The first-order valence-corrected chi connectivity index (χ1v) is 8.89. The maximum absolute atomic E-state index is 12.2. The van der Waals surface area contributed by atoms with Crippen LogP contribution in [-0.2, 0) is 6.54 Å². The first kappa shape index (κ1) is 19.8. The summed E-state index contributed by atoms with van der Waals surface area (Å²) in [6.07, 6.45) is 4.99. The molecule has 0 spiro atoms. The van der Waals surface area contributed by atoms with Gasteiger partial charge in [0.1, 0.15) is 11.5 Å². The highest BCUT2D eigenvalue weighted by atomic mass is 16.5. The van der Waals surface area contributed by atoms with E-state index in [1.54, 1.807) is 42.5 Å². The molecule has 148 valence electrons. The standard InChI is InChI=1S/C23H21NO5/c1-29-23-13-17(7-11-22(23)27)3-2-16-6-10-21(26)19(12-16)15-24(28)14-18-4-8-20(25)9-5-18/h2-13,15,25-27H,14H2,1H3/b3-2+,24-15+. The number of methoxy groups -OCH3 is 1. The van der Waals surface area contributed by atoms with E-state index in [9.17, 15) is 20.5 Å². The molecule has 0 aromatic heterocycles. The molecule has 3 aromatic rings. The van der Waals surface area contributed by atoms with E-state index in [1.807, 2.05) is 12.2 Å². The Hall–Kier alpha value is -3.93. The van der Waals surface area contributed by atoms with E-state index < -0.39 is 0 Å². The summed E-state index contributed by atoms with van der Waals surface area (Å²) in [6.45, 7) is 0.0904. The van der Waals surface area contributed by atoms with Gasteiger partial charge >= 0.3 is 0 Å². The van der Waals surface area contributed by atoms with E-state index in [-0.39, 0.29) is 23.8 Å². The molecule has 0 bridgehead atoms. The highest BCUT2D eigenvalue weighted by Crippen LogP contribution is 2.27. The summed E-state index contributed by atoms with van der Waals surface area (Å²) in [6, 6.07) is 16.3. The van der Waals surface area contributed by atoms with Gasteiger partial charge in [0.15, 0.2) is 24.3 Å². The summed E-state index contributed by atoms with van der Waals surface area (Å²) in [5.74, 6) is 0.581. The summed E-state index contributed by atoms with van der Waals surface area (Å²) in [4.78, 5) is 0. The second-order valence-corrected chi connectivity index (χ2v) is 6.45. The second kappa shape index (κ2) is 8.84. The minimum atomic E-state index is 0.00000813. The fraction of sp³-hybridized carbons (Fsp3) is 0.0870. The summed E-state index contributed by atoms with van der Waals surface area (Å²) in [7, 11) is 1.48. The van der Waals surface area contributed by atoms with Crippen molar-refractivity contribution in [1.29, 1.82) is 0 Å². The average Bonchev–Trinajstić information content (AvgIpc) is 2.71. The van der Waals surface area contributed by atoms with Gasteiger partial charge in [-0.25, -0.2) is 4.74 Å². The fourth-order valence-corrected chi connectivity index (χ4v) is 2.75. The Labute approximate surface area is 168 Å². The molecule has 3 N–H and O–H groups in total. The van der Waals surface area contributed by atoms with E-state index >= 15 is 0 Å². The molecule has 0 aliphatic heterocycles. The Balaban J connectivity index is 1.79. The van der Waals surface area contributed by atoms with Crippen LogP contribution in [0.3, 0.4) is 0 Å². The van der Waals surface area contributed by atoms with Gasteiger partial charge in [0.25, 0.3) is 0 Å². The lowest BCUT2D eigenvalue weighted by molar-refractivity contribution is -0.469. The lowest BCUT2D eigenvalue weighted by Gasteiger charge is -2.06. The van der Waals surface area contributed by atoms with Crippen molar-refractivity contribution in [2.45, 2.75) is 6.54 Å². The van der Waals surface area contributed by atoms with Crippen LogP contribution >= 0.6 is 0 Å². The van der Waals surface area contributed by atoms with Crippen LogP contribution in [0, 0.1) is 5.21 Å². The molecule has 0 aliphatic rings. The molecule has 0 fully saturated rings. The molecule has 0 heterocycles. The molecule has 0 unspecified atom stereocenters. The predicted octanol–water partition coefficient (Wildman–Crippen LogP) is 4.11. The monoisotopic (exact) mass is 391 g/mol. The quantitative estimate of drug-likeness (QED) is 0.193. The van der Waals surface area contributed by atoms with Crippen LogP contribution in [0.1, 0.15) is 22.3 Å². The Morgan fingerprint density at radius 2 is 1.48 bits per heavy atom. The van der Waals surface area contributed by atoms with Crippen LogP contribution in [0.15, 0.2) is 60.7 Å². The minimum Gasteiger partial charge on any atom is -0.624 e. The van der Waals surface area contributed by atoms with Crippen molar-refractivity contribution in [3.05, 3.63) is 88.1 Å². The number of ether oxygens (including phenoxy) is 1. The number of benzene rings is 3. The predicted molar refractivity (Wildman–Crippen MR) is 112 cm³/mol. The Bertz CT molecular complexity index is 1060. The molecular weight excluding hydrogens is 370 g/mol. The topological polar surface area (TPSA) is 96.0 Å². The van der Waals surface area contributed by atoms with Crippen molar-refractivity contribution in [3.63, 3.8) is 0 Å². The molecule has 6 nitrogen and oxygen atoms in total. The van der Waals surface area contributed by atoms with Crippen LogP contribution in [0.4, 0.5) is 0 Å². The second-order valence-electron chi connectivity index (χ2n) is 6.45. The fourth-order valence-electron chi connectivity index (χ4n) is 2.75. The van der Waals surface area contributed by atoms with Gasteiger partial charge in [-0.15, -0.1) is 0 Å². The maximum atomic E-state index is 12.2. The first-order valence-electron chi connectivity index (χ1n) is 8.89. The van der Waals surface area contributed by atoms with Crippen LogP contribution in [0.5, 0.6) is 23.0 Å². The van der Waals surface area contributed by atoms with E-state index in [4.69, 9.17) is 4.74 Å². The van der Waals surface area contributed by atoms with Gasteiger partial charge in [0.2, 0.25) is 0 Å². The molecule has 0 saturated carbocycles. The number of phenolic OH excluding ortho intramolecular Hbond substituents is 3. The van der Waals surface area contributed by atoms with Crippen molar-refractivity contribution in [2.24, 2.45) is 0 Å². The minimum absolute atomic E-state index is 0.00000813. The van der Waals surface area contributed by atoms with Crippen LogP contribution < -0.4 is 4.74 Å². The highest BCUT2D eigenvalue weighted by molar-refractivity contribution is 5.82. The molecule has 3 rings (SSSR count). The number of rotatable bonds is 6. The molecule has 29 heavy (non-hydrogen) atoms. The average molecular weight is 391 g/mol. The van der Waals surface area contributed by atoms with Gasteiger partial charge in [-0.1, -0.05) is 24.3 Å². The SMILES string of the molecule is COc1cc(/C=C/c2ccc(O)c(/C=[N+](/[O-])Cc3ccc(O)cc3)c2)ccc1O. The summed E-state index contributed by atoms with van der Waals surface area (Å²) in [5.41, 5.74) is 2.75. The van der Waals surface area contributed by atoms with E-state index in [0.717, 1.165) is 21.4 Å². The lowest BCUT2D eigenvalue weighted by Crippen LogP contribution is -2.06. The van der Waals surface area contributed by atoms with Crippen molar-refractivity contribution in [1.82, 2.24) is 0 Å². The molecule has 3 aromatic carbocycles. The van der Waals surface area contributed by atoms with E-state index in [0.29, 0.717) is 11.3 Å². The zero-order valence-electron chi connectivity index (χ0n) is 15.8. The van der Waals surface area contributed by atoms with Crippen LogP contribution in [0.25, 0.3) is 12.2 Å². The maximum Gasteiger partial charge on any atom is 0.185 e. The normalized spacial score (nSPS) is 11.7. The molecule has 0 atom stereocenters. The summed E-state index contributed by atoms with van der Waals surface area (Å²) in [5, 5.41) is 41.3. The Morgan fingerprint density at radius 3 is 2.14 bits per heavy atom. The van der Waals surface area contributed by atoms with Crippen LogP contribution in [0.2, 0.25) is 0 Å². The largest absolute Gasteiger partial charge is 0.624 e. The smallest absolute Gasteiger partial charge is 0.185 e. The summed E-state index contributed by atoms with van der Waals surface area (Å²) < 4.78 is 5.82. The molecular formula is C23H21NO5. The number of hydroxylamine groups is 1. The number of hydrogen-bond acceptors (Lipinski definition) is 5. The lowest BCUT2D eigenvalue weighted by atomic mass is 10.1. The van der Waals surface area contributed by atoms with Gasteiger partial charge in [-0.2, -0.15) is 0 Å². The molecule has 0 aliphatic carbocycles. The van der Waals surface area contributed by atoms with Crippen molar-refractivity contribution >= 4 is 18.4 Å². The van der Waals surface area contributed by atoms with Crippen LogP contribution in [-0.4, -0.2) is 33.4 Å². The molecule has 0 radical (unpaired) electrons. The van der Waals surface area contributed by atoms with E-state index in [2.05, 4.69) is 0 Å². The van der Waals surface area contributed by atoms with Gasteiger partial charge in [0, 0.05) is 5.56 Å². The van der Waals surface area contributed by atoms with Crippen molar-refractivity contribution < 1.29 is 24.8 Å². The number of phenols is 3. The number of hydrogen-bond donors (Lipinski definition) is 3. The zero-order valence-corrected chi connectivity index (χ0v) is 15.8. The third-order valence-corrected chi connectivity index (χ3v) is 4.28. The van der Waals surface area contributed by atoms with Gasteiger partial charge in [0.05, 0.1) is 12.7 Å². The van der Waals surface area contributed by atoms with Gasteiger partial charge < -0.3 is 25.3 Å². The number of aromatic hydroxyl groups is 3. The van der Waals surface area contributed by atoms with Crippen molar-refractivity contribution in [2.75, 3.05) is 7.11 Å². The molecule has 0 saturated heterocycles. The first-order chi connectivity index (χ1) is 13.9.